The molecule has 2 atom stereocenters. The van der Waals surface area contributed by atoms with E-state index >= 15 is 0 Å². The molecule has 0 amide bonds. The van der Waals surface area contributed by atoms with Gasteiger partial charge in [0.1, 0.15) is 17.2 Å². The highest BCUT2D eigenvalue weighted by Gasteiger charge is 2.43. The van der Waals surface area contributed by atoms with Gasteiger partial charge in [-0.15, -0.1) is 0 Å². The second kappa shape index (κ2) is 8.79. The van der Waals surface area contributed by atoms with Crippen molar-refractivity contribution in [3.63, 3.8) is 0 Å². The van der Waals surface area contributed by atoms with E-state index < -0.39 is 0 Å². The minimum Gasteiger partial charge on any atom is -0.373 e. The Bertz CT molecular complexity index is 854. The number of halogens is 2. The quantitative estimate of drug-likeness (QED) is 0.516. The van der Waals surface area contributed by atoms with Crippen LogP contribution >= 0.6 is 23.2 Å². The number of carbonyl (C=O) groups excluding carboxylic acids is 1. The molecular formula is C23H27Cl2NO3. The minimum atomic E-state index is 0.152. The monoisotopic (exact) mass is 435 g/mol. The van der Waals surface area contributed by atoms with Crippen molar-refractivity contribution in [3.8, 4) is 11.3 Å². The SMILES string of the molecule is CC.O=C1CC2CCC(C1)C2OCc1c(-c2c(Cl)cccc2Cl)noc1C1CC1. The first-order chi connectivity index (χ1) is 14.1. The summed E-state index contributed by atoms with van der Waals surface area (Å²) in [5.41, 5.74) is 2.35. The van der Waals surface area contributed by atoms with Crippen molar-refractivity contribution in [2.75, 3.05) is 0 Å². The Labute approximate surface area is 181 Å². The smallest absolute Gasteiger partial charge is 0.145 e. The molecule has 5 rings (SSSR count). The number of fused-ring (bicyclic) bond motifs is 2. The summed E-state index contributed by atoms with van der Waals surface area (Å²) in [7, 11) is 0. The van der Waals surface area contributed by atoms with Crippen molar-refractivity contribution < 1.29 is 14.1 Å². The summed E-state index contributed by atoms with van der Waals surface area (Å²) < 4.78 is 12.1. The first-order valence-electron chi connectivity index (χ1n) is 10.7. The molecule has 4 nitrogen and oxygen atoms in total. The molecule has 29 heavy (non-hydrogen) atoms. The third kappa shape index (κ3) is 4.12. The molecule has 0 N–H and O–H groups in total. The van der Waals surface area contributed by atoms with Crippen molar-refractivity contribution in [2.24, 2.45) is 11.8 Å². The molecule has 0 spiro atoms. The third-order valence-corrected chi connectivity index (χ3v) is 6.83. The molecule has 0 radical (unpaired) electrons. The fourth-order valence-electron chi connectivity index (χ4n) is 4.75. The van der Waals surface area contributed by atoms with Crippen molar-refractivity contribution in [2.45, 2.75) is 71.0 Å². The van der Waals surface area contributed by atoms with Gasteiger partial charge in [0.05, 0.1) is 22.8 Å². The van der Waals surface area contributed by atoms with Gasteiger partial charge >= 0.3 is 0 Å². The lowest BCUT2D eigenvalue weighted by molar-refractivity contribution is -0.127. The highest BCUT2D eigenvalue weighted by molar-refractivity contribution is 6.39. The van der Waals surface area contributed by atoms with Gasteiger partial charge in [0.15, 0.2) is 0 Å². The molecule has 156 valence electrons. The van der Waals surface area contributed by atoms with Gasteiger partial charge < -0.3 is 9.26 Å². The molecule has 2 unspecified atom stereocenters. The Morgan fingerprint density at radius 3 is 2.28 bits per heavy atom. The number of hydrogen-bond acceptors (Lipinski definition) is 4. The third-order valence-electron chi connectivity index (χ3n) is 6.20. The first-order valence-corrected chi connectivity index (χ1v) is 11.4. The zero-order valence-corrected chi connectivity index (χ0v) is 18.4. The van der Waals surface area contributed by atoms with E-state index in [0.717, 1.165) is 37.0 Å². The van der Waals surface area contributed by atoms with E-state index in [1.165, 1.54) is 0 Å². The molecule has 0 saturated heterocycles. The van der Waals surface area contributed by atoms with Crippen molar-refractivity contribution >= 4 is 29.0 Å². The largest absolute Gasteiger partial charge is 0.373 e. The summed E-state index contributed by atoms with van der Waals surface area (Å²) in [6, 6.07) is 5.45. The Hall–Kier alpha value is -1.36. The number of ether oxygens (including phenoxy) is 1. The predicted octanol–water partition coefficient (Wildman–Crippen LogP) is 6.83. The van der Waals surface area contributed by atoms with Crippen LogP contribution in [0.25, 0.3) is 11.3 Å². The van der Waals surface area contributed by atoms with Crippen LogP contribution in [-0.4, -0.2) is 17.0 Å². The highest BCUT2D eigenvalue weighted by atomic mass is 35.5. The van der Waals surface area contributed by atoms with Crippen LogP contribution in [0.15, 0.2) is 22.7 Å². The maximum atomic E-state index is 11.9. The fraction of sp³-hybridized carbons (Fsp3) is 0.565. The van der Waals surface area contributed by atoms with Crippen LogP contribution in [-0.2, 0) is 16.1 Å². The van der Waals surface area contributed by atoms with Crippen LogP contribution in [0.2, 0.25) is 10.0 Å². The van der Waals surface area contributed by atoms with Crippen LogP contribution in [0.4, 0.5) is 0 Å². The van der Waals surface area contributed by atoms with E-state index in [2.05, 4.69) is 5.16 Å². The molecule has 1 aromatic carbocycles. The van der Waals surface area contributed by atoms with Gasteiger partial charge in [0.2, 0.25) is 0 Å². The summed E-state index contributed by atoms with van der Waals surface area (Å²) >= 11 is 12.8. The molecule has 3 saturated carbocycles. The van der Waals surface area contributed by atoms with Crippen molar-refractivity contribution in [1.29, 1.82) is 0 Å². The first kappa shape index (κ1) is 20.9. The van der Waals surface area contributed by atoms with Gasteiger partial charge in [-0.3, -0.25) is 4.79 Å². The van der Waals surface area contributed by atoms with Crippen LogP contribution in [0.1, 0.15) is 69.6 Å². The Balaban J connectivity index is 0.000000994. The fourth-order valence-corrected chi connectivity index (χ4v) is 5.32. The van der Waals surface area contributed by atoms with Gasteiger partial charge in [0.25, 0.3) is 0 Å². The zero-order chi connectivity index (χ0) is 20.5. The van der Waals surface area contributed by atoms with Crippen LogP contribution in [0.3, 0.4) is 0 Å². The molecule has 0 aliphatic heterocycles. The summed E-state index contributed by atoms with van der Waals surface area (Å²) in [6.07, 6.45) is 5.86. The van der Waals surface area contributed by atoms with E-state index in [4.69, 9.17) is 32.5 Å². The molecule has 2 aromatic rings. The van der Waals surface area contributed by atoms with Crippen LogP contribution in [0.5, 0.6) is 0 Å². The molecule has 3 aliphatic rings. The molecule has 1 heterocycles. The predicted molar refractivity (Wildman–Crippen MR) is 114 cm³/mol. The average molecular weight is 436 g/mol. The molecule has 2 bridgehead atoms. The Kier molecular flexibility index (Phi) is 6.33. The minimum absolute atomic E-state index is 0.152. The summed E-state index contributed by atoms with van der Waals surface area (Å²) in [6.45, 7) is 4.43. The average Bonchev–Trinajstić information content (AvgIpc) is 3.42. The van der Waals surface area contributed by atoms with Gasteiger partial charge in [-0.05, 0) is 49.7 Å². The number of ketones is 1. The van der Waals surface area contributed by atoms with E-state index in [0.29, 0.717) is 64.3 Å². The van der Waals surface area contributed by atoms with Gasteiger partial charge in [-0.2, -0.15) is 0 Å². The number of nitrogens with zero attached hydrogens (tertiary/aromatic N) is 1. The van der Waals surface area contributed by atoms with E-state index in [-0.39, 0.29) is 6.10 Å². The standard InChI is InChI=1S/C21H21Cl2NO3.C2H6/c22-16-2-1-3-17(23)18(16)19-15(21(27-24-19)11-4-5-11)10-26-20-12-6-7-13(20)9-14(25)8-12;1-2/h1-3,11-13,20H,4-10H2;1-2H3. The molecule has 3 fully saturated rings. The van der Waals surface area contributed by atoms with Gasteiger partial charge in [0, 0.05) is 29.9 Å². The Morgan fingerprint density at radius 2 is 1.69 bits per heavy atom. The summed E-state index contributed by atoms with van der Waals surface area (Å²) in [4.78, 5) is 11.9. The molecular weight excluding hydrogens is 409 g/mol. The lowest BCUT2D eigenvalue weighted by Gasteiger charge is -2.29. The lowest BCUT2D eigenvalue weighted by Crippen LogP contribution is -2.33. The van der Waals surface area contributed by atoms with E-state index in [9.17, 15) is 4.79 Å². The van der Waals surface area contributed by atoms with Gasteiger partial charge in [-0.25, -0.2) is 0 Å². The van der Waals surface area contributed by atoms with Crippen LogP contribution < -0.4 is 0 Å². The topological polar surface area (TPSA) is 52.3 Å². The molecule has 6 heteroatoms. The van der Waals surface area contributed by atoms with Crippen LogP contribution in [0, 0.1) is 11.8 Å². The molecule has 3 aliphatic carbocycles. The van der Waals surface area contributed by atoms with Crippen molar-refractivity contribution in [1.82, 2.24) is 5.16 Å². The van der Waals surface area contributed by atoms with E-state index in [1.807, 2.05) is 32.0 Å². The zero-order valence-electron chi connectivity index (χ0n) is 16.9. The highest BCUT2D eigenvalue weighted by Crippen LogP contribution is 2.47. The second-order valence-corrected chi connectivity index (χ2v) is 8.88. The number of rotatable bonds is 5. The number of carbonyl (C=O) groups is 1. The number of aromatic nitrogens is 1. The summed E-state index contributed by atoms with van der Waals surface area (Å²) in [5.74, 6) is 2.41. The number of hydrogen-bond donors (Lipinski definition) is 0. The summed E-state index contributed by atoms with van der Waals surface area (Å²) in [5, 5.41) is 5.44. The molecule has 1 aromatic heterocycles. The van der Waals surface area contributed by atoms with Crippen molar-refractivity contribution in [3.05, 3.63) is 39.6 Å². The Morgan fingerprint density at radius 1 is 1.07 bits per heavy atom. The maximum absolute atomic E-state index is 11.9. The number of Topliss-reactive ketones (excluding diaryl/α,β-unsaturated/α-hetero) is 1. The maximum Gasteiger partial charge on any atom is 0.145 e. The second-order valence-electron chi connectivity index (χ2n) is 8.06. The van der Waals surface area contributed by atoms with Gasteiger partial charge in [-0.1, -0.05) is 48.3 Å². The number of benzene rings is 1. The lowest BCUT2D eigenvalue weighted by atomic mass is 9.85. The normalized spacial score (nSPS) is 25.7. The van der Waals surface area contributed by atoms with E-state index in [1.54, 1.807) is 0 Å².